The highest BCUT2D eigenvalue weighted by atomic mass is 16.6. The molecule has 7 nitrogen and oxygen atoms in total. The van der Waals surface area contributed by atoms with E-state index >= 15 is 0 Å². The first kappa shape index (κ1) is 17.0. The van der Waals surface area contributed by atoms with Gasteiger partial charge in [-0.3, -0.25) is 4.79 Å². The Kier molecular flexibility index (Phi) is 4.86. The number of para-hydroxylation sites is 2. The molecule has 2 fully saturated rings. The number of carbonyl (C=O) groups is 2. The minimum Gasteiger partial charge on any atom is -0.486 e. The Bertz CT molecular complexity index is 669. The van der Waals surface area contributed by atoms with Crippen LogP contribution in [0, 0.1) is 5.92 Å². The quantitative estimate of drug-likeness (QED) is 0.854. The molecule has 2 N–H and O–H groups in total. The number of hydrogen-bond donors (Lipinski definition) is 2. The van der Waals surface area contributed by atoms with E-state index in [0.29, 0.717) is 38.0 Å². The molecule has 1 aromatic carbocycles. The molecule has 0 aromatic heterocycles. The Morgan fingerprint density at radius 1 is 1.08 bits per heavy atom. The van der Waals surface area contributed by atoms with Gasteiger partial charge in [0.25, 0.3) is 0 Å². The molecule has 1 aliphatic carbocycles. The number of nitrogens with one attached hydrogen (secondary N) is 2. The van der Waals surface area contributed by atoms with E-state index in [1.165, 1.54) is 0 Å². The van der Waals surface area contributed by atoms with Gasteiger partial charge in [0.05, 0.1) is 6.54 Å². The molecule has 0 spiro atoms. The van der Waals surface area contributed by atoms with E-state index in [4.69, 9.17) is 9.47 Å². The van der Waals surface area contributed by atoms with E-state index in [1.807, 2.05) is 24.3 Å². The lowest BCUT2D eigenvalue weighted by molar-refractivity contribution is -0.126. The first-order chi connectivity index (χ1) is 12.7. The number of carbonyl (C=O) groups excluding carboxylic acids is 2. The summed E-state index contributed by atoms with van der Waals surface area (Å²) in [6, 6.07) is 7.82. The summed E-state index contributed by atoms with van der Waals surface area (Å²) in [6.07, 6.45) is 3.45. The number of fused-ring (bicyclic) bond motifs is 1. The first-order valence-electron chi connectivity index (χ1n) is 9.40. The van der Waals surface area contributed by atoms with Crippen molar-refractivity contribution >= 4 is 11.9 Å². The van der Waals surface area contributed by atoms with Crippen molar-refractivity contribution in [2.24, 2.45) is 5.92 Å². The molecule has 7 heteroatoms. The summed E-state index contributed by atoms with van der Waals surface area (Å²) < 4.78 is 11.5. The topological polar surface area (TPSA) is 79.9 Å². The number of piperidine rings is 1. The molecular weight excluding hydrogens is 334 g/mol. The Balaban J connectivity index is 1.19. The van der Waals surface area contributed by atoms with Crippen LogP contribution in [0.3, 0.4) is 0 Å². The number of urea groups is 1. The minimum absolute atomic E-state index is 0.0335. The summed E-state index contributed by atoms with van der Waals surface area (Å²) in [4.78, 5) is 26.2. The molecule has 2 aliphatic heterocycles. The normalized spacial score (nSPS) is 22.6. The van der Waals surface area contributed by atoms with Crippen molar-refractivity contribution in [2.45, 2.75) is 37.8 Å². The largest absolute Gasteiger partial charge is 0.486 e. The zero-order valence-electron chi connectivity index (χ0n) is 14.8. The van der Waals surface area contributed by atoms with Gasteiger partial charge < -0.3 is 25.0 Å². The van der Waals surface area contributed by atoms with Gasteiger partial charge >= 0.3 is 6.03 Å². The second-order valence-corrected chi connectivity index (χ2v) is 7.23. The van der Waals surface area contributed by atoms with Crippen LogP contribution in [0.1, 0.15) is 25.7 Å². The lowest BCUT2D eigenvalue weighted by atomic mass is 9.96. The van der Waals surface area contributed by atoms with Gasteiger partial charge in [-0.15, -0.1) is 0 Å². The van der Waals surface area contributed by atoms with E-state index in [0.717, 1.165) is 31.4 Å². The molecule has 1 unspecified atom stereocenters. The van der Waals surface area contributed by atoms with Crippen molar-refractivity contribution in [1.29, 1.82) is 0 Å². The molecule has 1 saturated heterocycles. The van der Waals surface area contributed by atoms with Gasteiger partial charge in [0.15, 0.2) is 17.6 Å². The van der Waals surface area contributed by atoms with Crippen LogP contribution in [0.25, 0.3) is 0 Å². The van der Waals surface area contributed by atoms with E-state index in [9.17, 15) is 9.59 Å². The fourth-order valence-corrected chi connectivity index (χ4v) is 3.37. The van der Waals surface area contributed by atoms with Crippen molar-refractivity contribution in [3.63, 3.8) is 0 Å². The summed E-state index contributed by atoms with van der Waals surface area (Å²) in [6.45, 7) is 2.04. The Morgan fingerprint density at radius 3 is 2.54 bits per heavy atom. The van der Waals surface area contributed by atoms with Gasteiger partial charge in [-0.05, 0) is 37.8 Å². The lowest BCUT2D eigenvalue weighted by Gasteiger charge is -2.32. The van der Waals surface area contributed by atoms with E-state index in [1.54, 1.807) is 4.90 Å². The Morgan fingerprint density at radius 2 is 1.81 bits per heavy atom. The minimum atomic E-state index is -0.198. The number of ether oxygens (including phenoxy) is 2. The lowest BCUT2D eigenvalue weighted by Crippen LogP contribution is -2.49. The van der Waals surface area contributed by atoms with Crippen LogP contribution >= 0.6 is 0 Å². The molecule has 3 amide bonds. The summed E-state index contributed by atoms with van der Waals surface area (Å²) in [5, 5.41) is 5.98. The third-order valence-electron chi connectivity index (χ3n) is 5.13. The number of hydrogen-bond acceptors (Lipinski definition) is 4. The van der Waals surface area contributed by atoms with Gasteiger partial charge in [0, 0.05) is 25.0 Å². The van der Waals surface area contributed by atoms with Gasteiger partial charge in [0.1, 0.15) is 6.61 Å². The van der Waals surface area contributed by atoms with Crippen LogP contribution in [0.15, 0.2) is 24.3 Å². The van der Waals surface area contributed by atoms with Crippen molar-refractivity contribution in [2.75, 3.05) is 26.2 Å². The third kappa shape index (κ3) is 4.03. The van der Waals surface area contributed by atoms with Crippen molar-refractivity contribution in [1.82, 2.24) is 15.5 Å². The fraction of sp³-hybridized carbons (Fsp3) is 0.579. The van der Waals surface area contributed by atoms with E-state index < -0.39 is 0 Å². The van der Waals surface area contributed by atoms with Crippen molar-refractivity contribution in [3.8, 4) is 11.5 Å². The zero-order chi connectivity index (χ0) is 17.9. The summed E-state index contributed by atoms with van der Waals surface area (Å²) in [5.74, 6) is 1.63. The van der Waals surface area contributed by atoms with Crippen molar-refractivity contribution < 1.29 is 19.1 Å². The van der Waals surface area contributed by atoms with Gasteiger partial charge in [-0.25, -0.2) is 4.79 Å². The highest BCUT2D eigenvalue weighted by Crippen LogP contribution is 2.30. The van der Waals surface area contributed by atoms with Crippen LogP contribution < -0.4 is 20.1 Å². The number of amides is 3. The first-order valence-corrected chi connectivity index (χ1v) is 9.40. The smallest absolute Gasteiger partial charge is 0.317 e. The van der Waals surface area contributed by atoms with Crippen LogP contribution in [0.5, 0.6) is 11.5 Å². The van der Waals surface area contributed by atoms with Crippen molar-refractivity contribution in [3.05, 3.63) is 24.3 Å². The monoisotopic (exact) mass is 359 g/mol. The van der Waals surface area contributed by atoms with Crippen LogP contribution in [-0.2, 0) is 4.79 Å². The van der Waals surface area contributed by atoms with Gasteiger partial charge in [-0.1, -0.05) is 12.1 Å². The molecule has 2 heterocycles. The number of nitrogens with zero attached hydrogens (tertiary/aromatic N) is 1. The summed E-state index contributed by atoms with van der Waals surface area (Å²) in [5.41, 5.74) is 0. The molecule has 26 heavy (non-hydrogen) atoms. The molecule has 1 saturated carbocycles. The Labute approximate surface area is 153 Å². The highest BCUT2D eigenvalue weighted by Gasteiger charge is 2.31. The van der Waals surface area contributed by atoms with Gasteiger partial charge in [0.2, 0.25) is 5.91 Å². The summed E-state index contributed by atoms with van der Waals surface area (Å²) in [7, 11) is 0. The average molecular weight is 359 g/mol. The van der Waals surface area contributed by atoms with E-state index in [-0.39, 0.29) is 24.0 Å². The highest BCUT2D eigenvalue weighted by molar-refractivity contribution is 5.80. The van der Waals surface area contributed by atoms with Crippen LogP contribution in [0.2, 0.25) is 0 Å². The average Bonchev–Trinajstić information content (AvgIpc) is 3.50. The van der Waals surface area contributed by atoms with Crippen LogP contribution in [0.4, 0.5) is 4.79 Å². The molecule has 3 aliphatic rings. The fourth-order valence-electron chi connectivity index (χ4n) is 3.37. The zero-order valence-corrected chi connectivity index (χ0v) is 14.8. The second-order valence-electron chi connectivity index (χ2n) is 7.23. The SMILES string of the molecule is O=C(NC1CC1)C1CCN(C(=O)NCC2COc3ccccc3O2)CC1. The maximum absolute atomic E-state index is 12.4. The third-order valence-corrected chi connectivity index (χ3v) is 5.13. The number of benzene rings is 1. The molecule has 0 radical (unpaired) electrons. The maximum atomic E-state index is 12.4. The molecule has 140 valence electrons. The number of rotatable bonds is 4. The molecule has 1 aromatic rings. The maximum Gasteiger partial charge on any atom is 0.317 e. The van der Waals surface area contributed by atoms with Crippen LogP contribution in [-0.4, -0.2) is 55.2 Å². The molecular formula is C19H25N3O4. The molecule has 0 bridgehead atoms. The second kappa shape index (κ2) is 7.43. The molecule has 1 atom stereocenters. The molecule has 4 rings (SSSR count). The standard InChI is InChI=1S/C19H25N3O4/c23-18(21-14-5-6-14)13-7-9-22(10-8-13)19(24)20-11-15-12-25-16-3-1-2-4-17(16)26-15/h1-4,13-15H,5-12H2,(H,20,24)(H,21,23). The predicted molar refractivity (Wildman–Crippen MR) is 95.2 cm³/mol. The summed E-state index contributed by atoms with van der Waals surface area (Å²) >= 11 is 0. The number of likely N-dealkylation sites (tertiary alicyclic amines) is 1. The van der Waals surface area contributed by atoms with Gasteiger partial charge in [-0.2, -0.15) is 0 Å². The van der Waals surface area contributed by atoms with E-state index in [2.05, 4.69) is 10.6 Å². The Hall–Kier alpha value is -2.44. The predicted octanol–water partition coefficient (Wildman–Crippen LogP) is 1.53.